The van der Waals surface area contributed by atoms with Gasteiger partial charge in [0.15, 0.2) is 0 Å². The molecule has 1 aliphatic rings. The van der Waals surface area contributed by atoms with Crippen LogP contribution < -0.4 is 10.6 Å². The van der Waals surface area contributed by atoms with Gasteiger partial charge in [-0.3, -0.25) is 24.3 Å². The Morgan fingerprint density at radius 3 is 2.19 bits per heavy atom. The van der Waals surface area contributed by atoms with Gasteiger partial charge in [-0.05, 0) is 48.4 Å². The van der Waals surface area contributed by atoms with Crippen molar-refractivity contribution in [2.24, 2.45) is 0 Å². The van der Waals surface area contributed by atoms with E-state index >= 15 is 0 Å². The lowest BCUT2D eigenvalue weighted by Crippen LogP contribution is -2.37. The van der Waals surface area contributed by atoms with Gasteiger partial charge in [0.05, 0.1) is 16.8 Å². The van der Waals surface area contributed by atoms with Crippen molar-refractivity contribution >= 4 is 29.1 Å². The number of carbonyl (C=O) groups excluding carboxylic acids is 3. The number of anilines is 2. The average molecular weight is 477 g/mol. The second-order valence-electron chi connectivity index (χ2n) is 8.61. The molecule has 0 radical (unpaired) electrons. The van der Waals surface area contributed by atoms with Gasteiger partial charge in [0.1, 0.15) is 6.54 Å². The van der Waals surface area contributed by atoms with Gasteiger partial charge in [0.25, 0.3) is 11.8 Å². The fraction of sp³-hybridized carbons (Fsp3) is 0.103. The zero-order valence-electron chi connectivity index (χ0n) is 19.6. The number of carbonyl (C=O) groups is 3. The predicted molar refractivity (Wildman–Crippen MR) is 139 cm³/mol. The van der Waals surface area contributed by atoms with Gasteiger partial charge >= 0.3 is 0 Å². The zero-order chi connectivity index (χ0) is 25.1. The highest BCUT2D eigenvalue weighted by Gasteiger charge is 2.36. The molecule has 0 saturated heterocycles. The Bertz CT molecular complexity index is 1420. The molecule has 0 bridgehead atoms. The number of aromatic nitrogens is 1. The third-order valence-corrected chi connectivity index (χ3v) is 6.08. The Kier molecular flexibility index (Phi) is 6.28. The number of hydrogen-bond acceptors (Lipinski definition) is 5. The van der Waals surface area contributed by atoms with Crippen LogP contribution in [0.2, 0.25) is 0 Å². The van der Waals surface area contributed by atoms with Crippen LogP contribution in [0.15, 0.2) is 97.3 Å². The zero-order valence-corrected chi connectivity index (χ0v) is 19.6. The molecule has 0 saturated carbocycles. The molecule has 1 aliphatic heterocycles. The largest absolute Gasteiger partial charge is 0.377 e. The highest BCUT2D eigenvalue weighted by molar-refractivity contribution is 6.22. The van der Waals surface area contributed by atoms with Gasteiger partial charge in [0, 0.05) is 29.7 Å². The van der Waals surface area contributed by atoms with Crippen LogP contribution in [0.5, 0.6) is 0 Å². The van der Waals surface area contributed by atoms with E-state index in [4.69, 9.17) is 0 Å². The Morgan fingerprint density at radius 2 is 1.47 bits per heavy atom. The number of fused-ring (bicyclic) bond motifs is 1. The lowest BCUT2D eigenvalue weighted by atomic mass is 10.1. The first-order valence-corrected chi connectivity index (χ1v) is 11.6. The van der Waals surface area contributed by atoms with E-state index < -0.39 is 17.7 Å². The summed E-state index contributed by atoms with van der Waals surface area (Å²) in [6, 6.07) is 26.2. The van der Waals surface area contributed by atoms with Crippen molar-refractivity contribution in [1.29, 1.82) is 0 Å². The van der Waals surface area contributed by atoms with Crippen LogP contribution in [0, 0.1) is 0 Å². The fourth-order valence-corrected chi connectivity index (χ4v) is 4.26. The van der Waals surface area contributed by atoms with Crippen molar-refractivity contribution in [2.75, 3.05) is 17.2 Å². The van der Waals surface area contributed by atoms with E-state index in [1.54, 1.807) is 42.7 Å². The molecule has 36 heavy (non-hydrogen) atoms. The molecular formula is C29H24N4O3. The normalized spacial score (nSPS) is 13.3. The van der Waals surface area contributed by atoms with Gasteiger partial charge in [-0.15, -0.1) is 0 Å². The highest BCUT2D eigenvalue weighted by Crippen LogP contribution is 2.27. The van der Waals surface area contributed by atoms with Crippen LogP contribution >= 0.6 is 0 Å². The number of nitrogens with one attached hydrogen (secondary N) is 2. The summed E-state index contributed by atoms with van der Waals surface area (Å²) in [7, 11) is 0. The molecule has 3 amide bonds. The maximum Gasteiger partial charge on any atom is 0.262 e. The molecule has 4 aromatic rings. The van der Waals surface area contributed by atoms with Crippen LogP contribution in [-0.2, 0) is 4.79 Å². The molecular weight excluding hydrogens is 452 g/mol. The number of pyridine rings is 1. The quantitative estimate of drug-likeness (QED) is 0.360. The Hall–Kier alpha value is -4.78. The highest BCUT2D eigenvalue weighted by atomic mass is 16.2. The summed E-state index contributed by atoms with van der Waals surface area (Å²) in [5, 5.41) is 6.26. The lowest BCUT2D eigenvalue weighted by molar-refractivity contribution is -0.116. The fourth-order valence-electron chi connectivity index (χ4n) is 4.26. The molecule has 178 valence electrons. The number of hydrogen-bond donors (Lipinski definition) is 2. The Morgan fingerprint density at radius 1 is 0.806 bits per heavy atom. The molecule has 7 nitrogen and oxygen atoms in total. The van der Waals surface area contributed by atoms with Gasteiger partial charge in [-0.25, -0.2) is 0 Å². The molecule has 1 atom stereocenters. The van der Waals surface area contributed by atoms with E-state index in [-0.39, 0.29) is 12.6 Å². The summed E-state index contributed by atoms with van der Waals surface area (Å²) in [4.78, 5) is 43.1. The smallest absolute Gasteiger partial charge is 0.262 e. The summed E-state index contributed by atoms with van der Waals surface area (Å²) in [5.41, 5.74) is 5.01. The van der Waals surface area contributed by atoms with Crippen LogP contribution in [0.3, 0.4) is 0 Å². The van der Waals surface area contributed by atoms with E-state index in [1.165, 1.54) is 5.56 Å². The minimum absolute atomic E-state index is 0.107. The van der Waals surface area contributed by atoms with Gasteiger partial charge in [-0.2, -0.15) is 0 Å². The van der Waals surface area contributed by atoms with E-state index in [0.29, 0.717) is 16.8 Å². The molecule has 0 aliphatic carbocycles. The third kappa shape index (κ3) is 4.72. The molecule has 0 spiro atoms. The van der Waals surface area contributed by atoms with E-state index in [0.717, 1.165) is 21.7 Å². The van der Waals surface area contributed by atoms with E-state index in [1.807, 2.05) is 42.5 Å². The Labute approximate surface area is 208 Å². The topological polar surface area (TPSA) is 91.4 Å². The molecule has 5 rings (SSSR count). The number of imide groups is 1. The van der Waals surface area contributed by atoms with Crippen molar-refractivity contribution in [1.82, 2.24) is 9.88 Å². The molecule has 1 aromatic heterocycles. The van der Waals surface area contributed by atoms with Crippen LogP contribution in [-0.4, -0.2) is 34.2 Å². The van der Waals surface area contributed by atoms with Crippen molar-refractivity contribution in [3.8, 4) is 11.1 Å². The average Bonchev–Trinajstić information content (AvgIpc) is 3.14. The summed E-state index contributed by atoms with van der Waals surface area (Å²) in [5.74, 6) is -1.37. The first-order chi connectivity index (χ1) is 17.5. The second kappa shape index (κ2) is 9.84. The van der Waals surface area contributed by atoms with E-state index in [9.17, 15) is 14.4 Å². The summed E-state index contributed by atoms with van der Waals surface area (Å²) >= 11 is 0. The standard InChI is InChI=1S/C29H24N4O3/c1-19(20-8-3-2-4-9-20)31-24-15-22(16-30-17-24)21-10-7-11-23(14-21)32-27(34)18-33-28(35)25-12-5-6-13-26(25)29(33)36/h2-17,19,31H,18H2,1H3,(H,32,34)/t19-/m0/s1. The number of nitrogens with zero attached hydrogens (tertiary/aromatic N) is 2. The maximum atomic E-state index is 12.7. The van der Waals surface area contributed by atoms with Gasteiger partial charge < -0.3 is 10.6 Å². The van der Waals surface area contributed by atoms with Gasteiger partial charge in [-0.1, -0.05) is 54.6 Å². The molecule has 2 heterocycles. The van der Waals surface area contributed by atoms with Crippen LogP contribution in [0.1, 0.15) is 39.2 Å². The molecule has 0 unspecified atom stereocenters. The minimum Gasteiger partial charge on any atom is -0.377 e. The van der Waals surface area contributed by atoms with Crippen molar-refractivity contribution in [2.45, 2.75) is 13.0 Å². The van der Waals surface area contributed by atoms with Crippen LogP contribution in [0.4, 0.5) is 11.4 Å². The first-order valence-electron chi connectivity index (χ1n) is 11.6. The first kappa shape index (κ1) is 23.0. The summed E-state index contributed by atoms with van der Waals surface area (Å²) < 4.78 is 0. The summed E-state index contributed by atoms with van der Waals surface area (Å²) in [6.07, 6.45) is 3.54. The SMILES string of the molecule is C[C@H](Nc1cncc(-c2cccc(NC(=O)CN3C(=O)c4ccccc4C3=O)c2)c1)c1ccccc1. The monoisotopic (exact) mass is 476 g/mol. The summed E-state index contributed by atoms with van der Waals surface area (Å²) in [6.45, 7) is 1.74. The van der Waals surface area contributed by atoms with Crippen molar-refractivity contribution < 1.29 is 14.4 Å². The third-order valence-electron chi connectivity index (χ3n) is 6.08. The number of benzene rings is 3. The van der Waals surface area contributed by atoms with Crippen molar-refractivity contribution in [3.63, 3.8) is 0 Å². The second-order valence-corrected chi connectivity index (χ2v) is 8.61. The van der Waals surface area contributed by atoms with Crippen LogP contribution in [0.25, 0.3) is 11.1 Å². The van der Waals surface area contributed by atoms with Crippen molar-refractivity contribution in [3.05, 3.63) is 114 Å². The number of amides is 3. The molecule has 2 N–H and O–H groups in total. The lowest BCUT2D eigenvalue weighted by Gasteiger charge is -2.16. The minimum atomic E-state index is -0.459. The molecule has 3 aromatic carbocycles. The molecule has 0 fully saturated rings. The Balaban J connectivity index is 1.27. The predicted octanol–water partition coefficient (Wildman–Crippen LogP) is 5.16. The molecule has 7 heteroatoms. The van der Waals surface area contributed by atoms with E-state index in [2.05, 4.69) is 34.7 Å². The number of rotatable bonds is 7. The van der Waals surface area contributed by atoms with Gasteiger partial charge in [0.2, 0.25) is 5.91 Å². The maximum absolute atomic E-state index is 12.7.